The van der Waals surface area contributed by atoms with Gasteiger partial charge < -0.3 is 9.84 Å². The molecule has 104 valence electrons. The Hall–Kier alpha value is -2.30. The van der Waals surface area contributed by atoms with Crippen molar-refractivity contribution in [2.75, 3.05) is 17.2 Å². The van der Waals surface area contributed by atoms with Crippen LogP contribution in [0.25, 0.3) is 0 Å². The van der Waals surface area contributed by atoms with Crippen LogP contribution >= 0.6 is 0 Å². The molecule has 1 atom stereocenters. The number of rotatable bonds is 3. The lowest BCUT2D eigenvalue weighted by molar-refractivity contribution is -0.116. The highest BCUT2D eigenvalue weighted by molar-refractivity contribution is 5.91. The topological polar surface area (TPSA) is 67.2 Å². The van der Waals surface area contributed by atoms with Crippen molar-refractivity contribution in [3.63, 3.8) is 0 Å². The molecule has 0 fully saturated rings. The van der Waals surface area contributed by atoms with Crippen molar-refractivity contribution in [1.29, 1.82) is 0 Å². The zero-order valence-electron chi connectivity index (χ0n) is 11.6. The molecule has 0 bridgehead atoms. The molecule has 20 heavy (non-hydrogen) atoms. The Morgan fingerprint density at radius 3 is 3.00 bits per heavy atom. The van der Waals surface area contributed by atoms with Crippen LogP contribution in [0.15, 0.2) is 28.8 Å². The van der Waals surface area contributed by atoms with Crippen LogP contribution in [0.1, 0.15) is 29.2 Å². The van der Waals surface area contributed by atoms with Crippen LogP contribution in [0, 0.1) is 13.8 Å². The number of aryl methyl sites for hydroxylation is 1. The molecular weight excluding hydrogens is 254 g/mol. The van der Waals surface area contributed by atoms with Crippen molar-refractivity contribution in [3.8, 4) is 0 Å². The largest absolute Gasteiger partial charge is 0.384 e. The minimum Gasteiger partial charge on any atom is -0.384 e. The normalized spacial score (nSPS) is 16.6. The number of nitrogens with zero attached hydrogens (tertiary/aromatic N) is 1. The van der Waals surface area contributed by atoms with E-state index in [1.165, 1.54) is 5.56 Å². The van der Waals surface area contributed by atoms with E-state index in [-0.39, 0.29) is 11.8 Å². The zero-order chi connectivity index (χ0) is 14.1. The maximum atomic E-state index is 12.1. The number of anilines is 2. The highest BCUT2D eigenvalue weighted by Gasteiger charge is 2.24. The maximum Gasteiger partial charge on any atom is 0.234 e. The highest BCUT2D eigenvalue weighted by atomic mass is 16.5. The van der Waals surface area contributed by atoms with Gasteiger partial charge >= 0.3 is 0 Å². The fourth-order valence-electron chi connectivity index (χ4n) is 2.47. The summed E-state index contributed by atoms with van der Waals surface area (Å²) in [5, 5.41) is 9.95. The number of carbonyl (C=O) groups excluding carboxylic acids is 1. The molecule has 0 saturated heterocycles. The molecule has 0 spiro atoms. The molecule has 5 heteroatoms. The van der Waals surface area contributed by atoms with Gasteiger partial charge in [0.2, 0.25) is 11.8 Å². The lowest BCUT2D eigenvalue weighted by Gasteiger charge is -2.09. The minimum absolute atomic E-state index is 0.0484. The quantitative estimate of drug-likeness (QED) is 0.900. The molecular formula is C15H17N3O2. The van der Waals surface area contributed by atoms with Gasteiger partial charge in [0.05, 0.1) is 5.69 Å². The third-order valence-corrected chi connectivity index (χ3v) is 3.78. The summed E-state index contributed by atoms with van der Waals surface area (Å²) in [5.74, 6) is 0.606. The second-order valence-corrected chi connectivity index (χ2v) is 5.14. The second kappa shape index (κ2) is 5.00. The number of carbonyl (C=O) groups is 1. The van der Waals surface area contributed by atoms with Crippen molar-refractivity contribution in [1.82, 2.24) is 5.16 Å². The van der Waals surface area contributed by atoms with E-state index in [2.05, 4.69) is 21.9 Å². The third kappa shape index (κ3) is 2.27. The average molecular weight is 271 g/mol. The lowest BCUT2D eigenvalue weighted by atomic mass is 9.97. The summed E-state index contributed by atoms with van der Waals surface area (Å²) in [4.78, 5) is 12.1. The van der Waals surface area contributed by atoms with Crippen molar-refractivity contribution < 1.29 is 9.32 Å². The molecule has 0 radical (unpaired) electrons. The summed E-state index contributed by atoms with van der Waals surface area (Å²) in [6.45, 7) is 4.53. The number of nitrogens with one attached hydrogen (secondary N) is 2. The monoisotopic (exact) mass is 271 g/mol. The van der Waals surface area contributed by atoms with Gasteiger partial charge in [0.25, 0.3) is 0 Å². The zero-order valence-corrected chi connectivity index (χ0v) is 11.6. The number of benzene rings is 1. The molecule has 1 aliphatic heterocycles. The van der Waals surface area contributed by atoms with Gasteiger partial charge in [-0.2, -0.15) is 0 Å². The number of para-hydroxylation sites is 1. The van der Waals surface area contributed by atoms with E-state index in [4.69, 9.17) is 4.52 Å². The molecule has 2 heterocycles. The van der Waals surface area contributed by atoms with E-state index in [1.807, 2.05) is 32.0 Å². The predicted octanol–water partition coefficient (Wildman–Crippen LogP) is 2.83. The van der Waals surface area contributed by atoms with Gasteiger partial charge in [-0.1, -0.05) is 23.4 Å². The van der Waals surface area contributed by atoms with E-state index in [1.54, 1.807) is 0 Å². The molecule has 1 aromatic carbocycles. The van der Waals surface area contributed by atoms with E-state index < -0.39 is 0 Å². The van der Waals surface area contributed by atoms with Gasteiger partial charge in [0.1, 0.15) is 0 Å². The summed E-state index contributed by atoms with van der Waals surface area (Å²) in [7, 11) is 0. The number of amides is 1. The predicted molar refractivity (Wildman–Crippen MR) is 76.9 cm³/mol. The molecule has 0 saturated carbocycles. The molecule has 1 amide bonds. The van der Waals surface area contributed by atoms with Crippen molar-refractivity contribution in [2.45, 2.75) is 26.2 Å². The van der Waals surface area contributed by atoms with Gasteiger partial charge in [-0.15, -0.1) is 0 Å². The van der Waals surface area contributed by atoms with Gasteiger partial charge in [-0.05, 0) is 25.5 Å². The number of hydrogen-bond acceptors (Lipinski definition) is 4. The molecule has 3 rings (SSSR count). The van der Waals surface area contributed by atoms with Gasteiger partial charge in [0, 0.05) is 30.1 Å². The van der Waals surface area contributed by atoms with Crippen LogP contribution in [-0.4, -0.2) is 17.6 Å². The fourth-order valence-corrected chi connectivity index (χ4v) is 2.47. The minimum atomic E-state index is -0.0484. The molecule has 1 aliphatic rings. The Balaban J connectivity index is 1.67. The summed E-state index contributed by atoms with van der Waals surface area (Å²) in [6.07, 6.45) is 0.434. The molecule has 1 aromatic heterocycles. The summed E-state index contributed by atoms with van der Waals surface area (Å²) >= 11 is 0. The maximum absolute atomic E-state index is 12.1. The lowest BCUT2D eigenvalue weighted by Crippen LogP contribution is -2.16. The van der Waals surface area contributed by atoms with Crippen LogP contribution < -0.4 is 10.6 Å². The van der Waals surface area contributed by atoms with Gasteiger partial charge in [-0.25, -0.2) is 0 Å². The highest BCUT2D eigenvalue weighted by Crippen LogP contribution is 2.33. The first-order valence-corrected chi connectivity index (χ1v) is 6.70. The Bertz CT molecular complexity index is 648. The van der Waals surface area contributed by atoms with Crippen LogP contribution in [0.3, 0.4) is 0 Å². The van der Waals surface area contributed by atoms with E-state index in [0.717, 1.165) is 23.5 Å². The standard InChI is InChI=1S/C15H17N3O2/c1-9-10(2)18-20-15(9)17-14(19)7-11-8-16-13-6-4-3-5-12(11)13/h3-6,11,16H,7-8H2,1-2H3,(H,17,19). The van der Waals surface area contributed by atoms with Crippen LogP contribution in [0.4, 0.5) is 11.6 Å². The Morgan fingerprint density at radius 2 is 2.25 bits per heavy atom. The van der Waals surface area contributed by atoms with Crippen LogP contribution in [0.2, 0.25) is 0 Å². The second-order valence-electron chi connectivity index (χ2n) is 5.14. The van der Waals surface area contributed by atoms with E-state index >= 15 is 0 Å². The van der Waals surface area contributed by atoms with Crippen LogP contribution in [-0.2, 0) is 4.79 Å². The Kier molecular flexibility index (Phi) is 3.18. The SMILES string of the molecule is Cc1noc(NC(=O)CC2CNc3ccccc32)c1C. The fraction of sp³-hybridized carbons (Fsp3) is 0.333. The Morgan fingerprint density at radius 1 is 1.45 bits per heavy atom. The Labute approximate surface area is 117 Å². The van der Waals surface area contributed by atoms with Crippen molar-refractivity contribution in [3.05, 3.63) is 41.1 Å². The summed E-state index contributed by atoms with van der Waals surface area (Å²) < 4.78 is 5.10. The van der Waals surface area contributed by atoms with E-state index in [9.17, 15) is 4.79 Å². The molecule has 0 aliphatic carbocycles. The van der Waals surface area contributed by atoms with Gasteiger partial charge in [0.15, 0.2) is 0 Å². The number of hydrogen-bond donors (Lipinski definition) is 2. The molecule has 1 unspecified atom stereocenters. The number of fused-ring (bicyclic) bond motifs is 1. The summed E-state index contributed by atoms with van der Waals surface area (Å²) in [5.41, 5.74) is 4.00. The molecule has 2 aromatic rings. The first-order chi connectivity index (χ1) is 9.65. The number of aromatic nitrogens is 1. The van der Waals surface area contributed by atoms with Gasteiger partial charge in [-0.3, -0.25) is 10.1 Å². The third-order valence-electron chi connectivity index (χ3n) is 3.78. The summed E-state index contributed by atoms with van der Waals surface area (Å²) in [6, 6.07) is 8.10. The van der Waals surface area contributed by atoms with Crippen molar-refractivity contribution in [2.24, 2.45) is 0 Å². The smallest absolute Gasteiger partial charge is 0.234 e. The first-order valence-electron chi connectivity index (χ1n) is 6.70. The molecule has 2 N–H and O–H groups in total. The average Bonchev–Trinajstić information content (AvgIpc) is 2.98. The first kappa shape index (κ1) is 12.7. The van der Waals surface area contributed by atoms with Crippen LogP contribution in [0.5, 0.6) is 0 Å². The molecule has 5 nitrogen and oxygen atoms in total. The van der Waals surface area contributed by atoms with E-state index in [0.29, 0.717) is 12.3 Å². The van der Waals surface area contributed by atoms with Crippen molar-refractivity contribution >= 4 is 17.5 Å².